The maximum atomic E-state index is 12.3. The summed E-state index contributed by atoms with van der Waals surface area (Å²) in [5.74, 6) is -1.68. The van der Waals surface area contributed by atoms with E-state index < -0.39 is 35.6 Å². The van der Waals surface area contributed by atoms with Gasteiger partial charge >= 0.3 is 6.18 Å². The lowest BCUT2D eigenvalue weighted by Gasteiger charge is -2.12. The molecule has 0 amide bonds. The van der Waals surface area contributed by atoms with E-state index in [9.17, 15) is 22.0 Å². The van der Waals surface area contributed by atoms with Crippen LogP contribution in [-0.4, -0.2) is 10.1 Å². The van der Waals surface area contributed by atoms with E-state index >= 15 is 0 Å². The van der Waals surface area contributed by atoms with E-state index in [1.54, 1.807) is 0 Å². The van der Waals surface area contributed by atoms with Crippen molar-refractivity contribution in [3.8, 4) is 5.75 Å². The number of rotatable bonds is 2. The van der Waals surface area contributed by atoms with Crippen molar-refractivity contribution in [1.82, 2.24) is 4.98 Å². The van der Waals surface area contributed by atoms with E-state index in [1.807, 2.05) is 0 Å². The highest BCUT2D eigenvalue weighted by molar-refractivity contribution is 6.17. The minimum atomic E-state index is -4.99. The lowest BCUT2D eigenvalue weighted by atomic mass is 10.1. The minimum Gasteiger partial charge on any atom is -0.506 e. The van der Waals surface area contributed by atoms with E-state index in [-0.39, 0.29) is 5.56 Å². The first-order valence-electron chi connectivity index (χ1n) is 3.91. The second kappa shape index (κ2) is 4.40. The van der Waals surface area contributed by atoms with Gasteiger partial charge in [-0.3, -0.25) is 0 Å². The Morgan fingerprint density at radius 2 is 1.94 bits per heavy atom. The number of aromatic nitrogens is 1. The van der Waals surface area contributed by atoms with Crippen LogP contribution in [0.3, 0.4) is 0 Å². The number of pyridine rings is 1. The van der Waals surface area contributed by atoms with Crippen LogP contribution in [0.1, 0.15) is 23.4 Å². The molecular weight excluding hydrogens is 257 g/mol. The van der Waals surface area contributed by atoms with Crippen LogP contribution in [-0.2, 0) is 12.1 Å². The Morgan fingerprint density at radius 1 is 1.38 bits per heavy atom. The zero-order valence-electron chi connectivity index (χ0n) is 7.52. The second-order valence-electron chi connectivity index (χ2n) is 2.83. The van der Waals surface area contributed by atoms with E-state index in [0.29, 0.717) is 6.07 Å². The zero-order valence-corrected chi connectivity index (χ0v) is 8.28. The molecule has 0 aromatic carbocycles. The van der Waals surface area contributed by atoms with E-state index in [2.05, 4.69) is 4.98 Å². The van der Waals surface area contributed by atoms with E-state index in [1.165, 1.54) is 0 Å². The van der Waals surface area contributed by atoms with Crippen molar-refractivity contribution in [3.05, 3.63) is 23.0 Å². The van der Waals surface area contributed by atoms with Gasteiger partial charge in [0.1, 0.15) is 11.4 Å². The average Bonchev–Trinajstić information content (AvgIpc) is 2.14. The highest BCUT2D eigenvalue weighted by Crippen LogP contribution is 2.37. The van der Waals surface area contributed by atoms with E-state index in [0.717, 1.165) is 0 Å². The summed E-state index contributed by atoms with van der Waals surface area (Å²) in [7, 11) is 0. The number of nitrogens with zero attached hydrogens (tertiary/aromatic N) is 1. The monoisotopic (exact) mass is 261 g/mol. The molecule has 0 unspecified atom stereocenters. The molecule has 0 bridgehead atoms. The van der Waals surface area contributed by atoms with Gasteiger partial charge in [-0.15, -0.1) is 11.6 Å². The largest absolute Gasteiger partial charge is 0.506 e. The van der Waals surface area contributed by atoms with Crippen LogP contribution >= 0.6 is 11.6 Å². The summed E-state index contributed by atoms with van der Waals surface area (Å²) in [6, 6.07) is 0.546. The van der Waals surface area contributed by atoms with Crippen LogP contribution in [0.15, 0.2) is 6.07 Å². The molecule has 90 valence electrons. The molecular formula is C8H5ClF5NO. The summed E-state index contributed by atoms with van der Waals surface area (Å²) in [6.45, 7) is 0. The summed E-state index contributed by atoms with van der Waals surface area (Å²) in [6.07, 6.45) is -8.17. The molecule has 8 heteroatoms. The number of alkyl halides is 6. The Labute approximate surface area is 91.7 Å². The Bertz CT molecular complexity index is 393. The second-order valence-corrected chi connectivity index (χ2v) is 3.10. The molecule has 0 aliphatic heterocycles. The molecule has 1 aromatic rings. The molecule has 16 heavy (non-hydrogen) atoms. The number of aromatic hydroxyl groups is 1. The molecule has 0 aliphatic rings. The van der Waals surface area contributed by atoms with Gasteiger partial charge in [0.25, 0.3) is 6.43 Å². The predicted molar refractivity (Wildman–Crippen MR) is 45.4 cm³/mol. The molecule has 1 heterocycles. The molecule has 2 nitrogen and oxygen atoms in total. The topological polar surface area (TPSA) is 33.1 Å². The van der Waals surface area contributed by atoms with Crippen LogP contribution in [0.5, 0.6) is 5.75 Å². The molecule has 0 saturated heterocycles. The highest BCUT2D eigenvalue weighted by Gasteiger charge is 2.37. The Balaban J connectivity index is 3.39. The van der Waals surface area contributed by atoms with Crippen molar-refractivity contribution >= 4 is 11.6 Å². The Hall–Kier alpha value is -1.11. The van der Waals surface area contributed by atoms with Crippen LogP contribution < -0.4 is 0 Å². The number of hydrogen-bond acceptors (Lipinski definition) is 2. The molecule has 0 fully saturated rings. The summed E-state index contributed by atoms with van der Waals surface area (Å²) in [5, 5.41) is 8.98. The van der Waals surface area contributed by atoms with Gasteiger partial charge < -0.3 is 5.11 Å². The Kier molecular flexibility index (Phi) is 3.57. The van der Waals surface area contributed by atoms with Gasteiger partial charge in [-0.2, -0.15) is 13.2 Å². The summed E-state index contributed by atoms with van der Waals surface area (Å²) >= 11 is 5.25. The van der Waals surface area contributed by atoms with Crippen molar-refractivity contribution in [3.63, 3.8) is 0 Å². The molecule has 1 rings (SSSR count). The Morgan fingerprint density at radius 3 is 2.31 bits per heavy atom. The first-order chi connectivity index (χ1) is 7.27. The molecule has 0 saturated carbocycles. The van der Waals surface area contributed by atoms with Gasteiger partial charge in [-0.25, -0.2) is 13.8 Å². The number of halogens is 6. The van der Waals surface area contributed by atoms with Crippen LogP contribution in [0.2, 0.25) is 0 Å². The zero-order chi connectivity index (χ0) is 12.5. The first kappa shape index (κ1) is 13.0. The van der Waals surface area contributed by atoms with Gasteiger partial charge in [0.05, 0.1) is 0 Å². The molecule has 0 atom stereocenters. The normalized spacial score (nSPS) is 12.2. The predicted octanol–water partition coefficient (Wildman–Crippen LogP) is 3.48. The number of hydrogen-bond donors (Lipinski definition) is 1. The summed E-state index contributed by atoms with van der Waals surface area (Å²) in [4.78, 5) is 2.70. The molecule has 1 N–H and O–H groups in total. The molecule has 0 spiro atoms. The van der Waals surface area contributed by atoms with Gasteiger partial charge in [-0.1, -0.05) is 0 Å². The lowest BCUT2D eigenvalue weighted by molar-refractivity contribution is -0.142. The molecule has 1 aromatic heterocycles. The summed E-state index contributed by atoms with van der Waals surface area (Å²) in [5.41, 5.74) is -3.14. The third-order valence-corrected chi connectivity index (χ3v) is 2.02. The van der Waals surface area contributed by atoms with Crippen molar-refractivity contribution in [2.24, 2.45) is 0 Å². The smallest absolute Gasteiger partial charge is 0.437 e. The third-order valence-electron chi connectivity index (χ3n) is 1.73. The first-order valence-corrected chi connectivity index (χ1v) is 4.45. The van der Waals surface area contributed by atoms with Gasteiger partial charge in [-0.05, 0) is 11.6 Å². The van der Waals surface area contributed by atoms with Crippen molar-refractivity contribution in [2.75, 3.05) is 0 Å². The maximum Gasteiger partial charge on any atom is 0.437 e. The lowest BCUT2D eigenvalue weighted by Crippen LogP contribution is -2.11. The van der Waals surface area contributed by atoms with Crippen LogP contribution in [0, 0.1) is 0 Å². The summed E-state index contributed by atoms with van der Waals surface area (Å²) < 4.78 is 61.4. The SMILES string of the molecule is Oc1cc(CCl)c(C(F)F)nc1C(F)(F)F. The maximum absolute atomic E-state index is 12.3. The van der Waals surface area contributed by atoms with Gasteiger partial charge in [0, 0.05) is 5.88 Å². The average molecular weight is 262 g/mol. The minimum absolute atomic E-state index is 0.331. The van der Waals surface area contributed by atoms with Crippen LogP contribution in [0.4, 0.5) is 22.0 Å². The van der Waals surface area contributed by atoms with Gasteiger partial charge in [0.15, 0.2) is 5.69 Å². The fourth-order valence-electron chi connectivity index (χ4n) is 1.06. The van der Waals surface area contributed by atoms with Crippen molar-refractivity contribution < 1.29 is 27.1 Å². The standard InChI is InChI=1S/C8H5ClF5NO/c9-2-3-1-4(16)6(8(12,13)14)15-5(3)7(10)11/h1,7,16H,2H2. The van der Waals surface area contributed by atoms with Crippen LogP contribution in [0.25, 0.3) is 0 Å². The van der Waals surface area contributed by atoms with E-state index in [4.69, 9.17) is 16.7 Å². The fourth-order valence-corrected chi connectivity index (χ4v) is 1.28. The molecule has 0 aliphatic carbocycles. The van der Waals surface area contributed by atoms with Crippen molar-refractivity contribution in [1.29, 1.82) is 0 Å². The quantitative estimate of drug-likeness (QED) is 0.653. The molecule has 0 radical (unpaired) electrons. The van der Waals surface area contributed by atoms with Crippen molar-refractivity contribution in [2.45, 2.75) is 18.5 Å². The highest BCUT2D eigenvalue weighted by atomic mass is 35.5. The fraction of sp³-hybridized carbons (Fsp3) is 0.375. The third kappa shape index (κ3) is 2.52. The van der Waals surface area contributed by atoms with Gasteiger partial charge in [0.2, 0.25) is 0 Å².